The largest absolute Gasteiger partial charge is 0.299 e. The van der Waals surface area contributed by atoms with Crippen molar-refractivity contribution in [2.75, 3.05) is 0 Å². The van der Waals surface area contributed by atoms with Crippen LogP contribution in [0.5, 0.6) is 0 Å². The molecule has 0 aromatic carbocycles. The molecule has 0 N–H and O–H groups in total. The van der Waals surface area contributed by atoms with Gasteiger partial charge in [0.25, 0.3) is 0 Å². The van der Waals surface area contributed by atoms with Crippen LogP contribution in [-0.4, -0.2) is 10.8 Å². The van der Waals surface area contributed by atoms with Gasteiger partial charge in [-0.15, -0.1) is 11.3 Å². The van der Waals surface area contributed by atoms with Crippen molar-refractivity contribution in [3.8, 4) is 0 Å². The summed E-state index contributed by atoms with van der Waals surface area (Å²) in [5.74, 6) is 1.33. The molecule has 3 heteroatoms. The van der Waals surface area contributed by atoms with Gasteiger partial charge in [-0.05, 0) is 19.3 Å². The summed E-state index contributed by atoms with van der Waals surface area (Å²) in [4.78, 5) is 15.8. The Morgan fingerprint density at radius 2 is 2.46 bits per heavy atom. The molecule has 1 saturated carbocycles. The van der Waals surface area contributed by atoms with E-state index in [0.717, 1.165) is 17.1 Å². The van der Waals surface area contributed by atoms with Crippen molar-refractivity contribution < 1.29 is 4.79 Å². The van der Waals surface area contributed by atoms with E-state index in [9.17, 15) is 4.79 Å². The zero-order chi connectivity index (χ0) is 9.42. The number of aryl methyl sites for hydroxylation is 1. The van der Waals surface area contributed by atoms with Crippen molar-refractivity contribution in [3.63, 3.8) is 0 Å². The van der Waals surface area contributed by atoms with Gasteiger partial charge in [0.1, 0.15) is 5.78 Å². The highest BCUT2D eigenvalue weighted by Gasteiger charge is 2.38. The van der Waals surface area contributed by atoms with Gasteiger partial charge < -0.3 is 0 Å². The minimum Gasteiger partial charge on any atom is -0.299 e. The van der Waals surface area contributed by atoms with Gasteiger partial charge in [0.2, 0.25) is 0 Å². The summed E-state index contributed by atoms with van der Waals surface area (Å²) in [5.41, 5.74) is 0.951. The van der Waals surface area contributed by atoms with Crippen LogP contribution in [0.15, 0.2) is 5.38 Å². The van der Waals surface area contributed by atoms with E-state index < -0.39 is 0 Å². The lowest BCUT2D eigenvalue weighted by Crippen LogP contribution is -2.06. The Morgan fingerprint density at radius 3 is 2.92 bits per heavy atom. The number of carbonyl (C=O) groups is 1. The molecule has 1 heterocycles. The van der Waals surface area contributed by atoms with Crippen LogP contribution in [-0.2, 0) is 11.2 Å². The second kappa shape index (κ2) is 3.22. The van der Waals surface area contributed by atoms with Gasteiger partial charge in [-0.1, -0.05) is 6.92 Å². The van der Waals surface area contributed by atoms with Crippen LogP contribution in [0.2, 0.25) is 0 Å². The summed E-state index contributed by atoms with van der Waals surface area (Å²) in [6.45, 7) is 4.10. The van der Waals surface area contributed by atoms with Crippen molar-refractivity contribution in [2.24, 2.45) is 11.8 Å². The summed E-state index contributed by atoms with van der Waals surface area (Å²) < 4.78 is 0. The standard InChI is InChI=1S/C10H13NOS/c1-6-3-9(6)10(12)4-8-5-13-7(2)11-8/h5-6,9H,3-4H2,1-2H3. The first-order chi connectivity index (χ1) is 6.16. The molecule has 0 aliphatic heterocycles. The van der Waals surface area contributed by atoms with E-state index in [4.69, 9.17) is 0 Å². The van der Waals surface area contributed by atoms with Crippen molar-refractivity contribution in [1.29, 1.82) is 0 Å². The van der Waals surface area contributed by atoms with E-state index in [1.165, 1.54) is 0 Å². The summed E-state index contributed by atoms with van der Waals surface area (Å²) in [7, 11) is 0. The third kappa shape index (κ3) is 1.97. The number of thiazole rings is 1. The minimum atomic E-state index is 0.335. The van der Waals surface area contributed by atoms with Crippen LogP contribution in [0.1, 0.15) is 24.0 Å². The molecule has 0 bridgehead atoms. The van der Waals surface area contributed by atoms with Crippen LogP contribution in [0.4, 0.5) is 0 Å². The molecule has 0 radical (unpaired) electrons. The summed E-state index contributed by atoms with van der Waals surface area (Å²) in [6.07, 6.45) is 1.63. The molecule has 1 aromatic rings. The fourth-order valence-corrected chi connectivity index (χ4v) is 2.18. The maximum atomic E-state index is 11.6. The zero-order valence-corrected chi connectivity index (χ0v) is 8.73. The number of hydrogen-bond donors (Lipinski definition) is 0. The summed E-state index contributed by atoms with van der Waals surface area (Å²) in [5, 5.41) is 3.03. The summed E-state index contributed by atoms with van der Waals surface area (Å²) >= 11 is 1.62. The van der Waals surface area contributed by atoms with E-state index in [1.54, 1.807) is 11.3 Å². The van der Waals surface area contributed by atoms with Gasteiger partial charge >= 0.3 is 0 Å². The van der Waals surface area contributed by atoms with E-state index in [1.807, 2.05) is 12.3 Å². The zero-order valence-electron chi connectivity index (χ0n) is 7.91. The number of carbonyl (C=O) groups excluding carboxylic acids is 1. The Bertz CT molecular complexity index is 331. The van der Waals surface area contributed by atoms with Crippen molar-refractivity contribution in [2.45, 2.75) is 26.7 Å². The van der Waals surface area contributed by atoms with E-state index in [-0.39, 0.29) is 0 Å². The smallest absolute Gasteiger partial charge is 0.142 e. The van der Waals surface area contributed by atoms with Gasteiger partial charge in [0, 0.05) is 17.7 Å². The van der Waals surface area contributed by atoms with Crippen molar-refractivity contribution >= 4 is 17.1 Å². The van der Waals surface area contributed by atoms with Crippen LogP contribution in [0.25, 0.3) is 0 Å². The van der Waals surface area contributed by atoms with Gasteiger partial charge in [-0.25, -0.2) is 4.98 Å². The fourth-order valence-electron chi connectivity index (χ4n) is 1.57. The van der Waals surface area contributed by atoms with Crippen LogP contribution in [0, 0.1) is 18.8 Å². The molecule has 2 unspecified atom stereocenters. The monoisotopic (exact) mass is 195 g/mol. The van der Waals surface area contributed by atoms with Crippen LogP contribution < -0.4 is 0 Å². The molecule has 1 aliphatic rings. The Labute approximate surface area is 82.0 Å². The Morgan fingerprint density at radius 1 is 1.77 bits per heavy atom. The van der Waals surface area contributed by atoms with E-state index in [2.05, 4.69) is 11.9 Å². The molecule has 0 spiro atoms. The first-order valence-corrected chi connectivity index (χ1v) is 5.48. The predicted molar refractivity (Wildman–Crippen MR) is 52.8 cm³/mol. The highest BCUT2D eigenvalue weighted by Crippen LogP contribution is 2.39. The fraction of sp³-hybridized carbons (Fsp3) is 0.600. The van der Waals surface area contributed by atoms with Crippen LogP contribution >= 0.6 is 11.3 Å². The average Bonchev–Trinajstić information content (AvgIpc) is 2.66. The van der Waals surface area contributed by atoms with Crippen molar-refractivity contribution in [1.82, 2.24) is 4.98 Å². The lowest BCUT2D eigenvalue weighted by atomic mass is 10.1. The highest BCUT2D eigenvalue weighted by atomic mass is 32.1. The summed E-state index contributed by atoms with van der Waals surface area (Å²) in [6, 6.07) is 0. The Hall–Kier alpha value is -0.700. The molecule has 1 fully saturated rings. The molecule has 0 amide bonds. The Balaban J connectivity index is 1.95. The van der Waals surface area contributed by atoms with Gasteiger partial charge in [0.05, 0.1) is 10.7 Å². The highest BCUT2D eigenvalue weighted by molar-refractivity contribution is 7.09. The quantitative estimate of drug-likeness (QED) is 0.740. The van der Waals surface area contributed by atoms with Gasteiger partial charge in [-0.2, -0.15) is 0 Å². The molecule has 0 saturated heterocycles. The molecule has 1 aromatic heterocycles. The molecule has 1 aliphatic carbocycles. The number of hydrogen-bond acceptors (Lipinski definition) is 3. The average molecular weight is 195 g/mol. The first-order valence-electron chi connectivity index (χ1n) is 4.60. The second-order valence-electron chi connectivity index (χ2n) is 3.82. The molecule has 13 heavy (non-hydrogen) atoms. The van der Waals surface area contributed by atoms with Crippen molar-refractivity contribution in [3.05, 3.63) is 16.1 Å². The van der Waals surface area contributed by atoms with Gasteiger partial charge in [-0.3, -0.25) is 4.79 Å². The number of rotatable bonds is 3. The Kier molecular flexibility index (Phi) is 2.20. The normalized spacial score (nSPS) is 26.0. The lowest BCUT2D eigenvalue weighted by molar-refractivity contribution is -0.119. The van der Waals surface area contributed by atoms with Crippen LogP contribution in [0.3, 0.4) is 0 Å². The number of Topliss-reactive ketones (excluding diaryl/α,β-unsaturated/α-hetero) is 1. The minimum absolute atomic E-state index is 0.335. The second-order valence-corrected chi connectivity index (χ2v) is 4.88. The van der Waals surface area contributed by atoms with E-state index >= 15 is 0 Å². The first kappa shape index (κ1) is 8.88. The molecule has 2 atom stereocenters. The maximum Gasteiger partial charge on any atom is 0.142 e. The number of nitrogens with zero attached hydrogens (tertiary/aromatic N) is 1. The molecule has 2 nitrogen and oxygen atoms in total. The molecule has 2 rings (SSSR count). The van der Waals surface area contributed by atoms with E-state index in [0.29, 0.717) is 24.0 Å². The van der Waals surface area contributed by atoms with Gasteiger partial charge in [0.15, 0.2) is 0 Å². The molecular formula is C10H13NOS. The predicted octanol–water partition coefficient (Wildman–Crippen LogP) is 2.22. The number of ketones is 1. The molecular weight excluding hydrogens is 182 g/mol. The topological polar surface area (TPSA) is 30.0 Å². The third-order valence-corrected chi connectivity index (χ3v) is 3.37. The lowest BCUT2D eigenvalue weighted by Gasteiger charge is -1.94. The number of aromatic nitrogens is 1. The SMILES string of the molecule is Cc1nc(CC(=O)C2CC2C)cs1. The maximum absolute atomic E-state index is 11.6. The third-order valence-electron chi connectivity index (χ3n) is 2.54. The molecule has 70 valence electrons.